The molecule has 0 radical (unpaired) electrons. The number of ether oxygens (including phenoxy) is 1. The van der Waals surface area contributed by atoms with Gasteiger partial charge in [0.05, 0.1) is 24.5 Å². The number of rotatable bonds is 4. The zero-order chi connectivity index (χ0) is 25.6. The minimum Gasteiger partial charge on any atom is -0.497 e. The summed E-state index contributed by atoms with van der Waals surface area (Å²) in [5.41, 5.74) is 2.94. The summed E-state index contributed by atoms with van der Waals surface area (Å²) in [6, 6.07) is 34.1. The topological polar surface area (TPSA) is 49.9 Å². The van der Waals surface area contributed by atoms with Gasteiger partial charge in [0.15, 0.2) is 0 Å². The molecule has 0 saturated carbocycles. The minimum atomic E-state index is -0.854. The Kier molecular flexibility index (Phi) is 5.73. The summed E-state index contributed by atoms with van der Waals surface area (Å²) in [5, 5.41) is -0.785. The lowest BCUT2D eigenvalue weighted by atomic mass is 9.71. The van der Waals surface area contributed by atoms with Crippen molar-refractivity contribution in [1.82, 2.24) is 0 Å². The van der Waals surface area contributed by atoms with Crippen LogP contribution in [0.2, 0.25) is 0 Å². The second-order valence-electron chi connectivity index (χ2n) is 9.35. The number of hydrogen-bond acceptors (Lipinski definition) is 3. The number of halogens is 1. The van der Waals surface area contributed by atoms with E-state index < -0.39 is 10.9 Å². The molecule has 0 N–H and O–H groups in total. The Balaban J connectivity index is 1.61. The van der Waals surface area contributed by atoms with Gasteiger partial charge in [-0.25, -0.2) is 0 Å². The quantitative estimate of drug-likeness (QED) is 0.239. The highest BCUT2D eigenvalue weighted by atomic mass is 35.5. The molecule has 0 unspecified atom stereocenters. The molecule has 2 amide bonds. The summed E-state index contributed by atoms with van der Waals surface area (Å²) in [7, 11) is 1.62. The summed E-state index contributed by atoms with van der Waals surface area (Å²) in [5.74, 6) is 0.414. The Bertz CT molecular complexity index is 1460. The average Bonchev–Trinajstić information content (AvgIpc) is 3.09. The number of methoxy groups -OCH3 is 1. The van der Waals surface area contributed by atoms with Crippen LogP contribution in [0.4, 0.5) is 11.4 Å². The van der Waals surface area contributed by atoms with Crippen LogP contribution in [0.5, 0.6) is 5.75 Å². The Morgan fingerprint density at radius 2 is 1.43 bits per heavy atom. The molecule has 6 heteroatoms. The fourth-order valence-corrected chi connectivity index (χ4v) is 6.10. The van der Waals surface area contributed by atoms with Gasteiger partial charge in [0, 0.05) is 12.0 Å². The van der Waals surface area contributed by atoms with Crippen molar-refractivity contribution >= 4 is 34.8 Å². The van der Waals surface area contributed by atoms with E-state index in [0.29, 0.717) is 23.4 Å². The van der Waals surface area contributed by atoms with E-state index in [9.17, 15) is 9.59 Å². The van der Waals surface area contributed by atoms with Gasteiger partial charge in [0.1, 0.15) is 16.7 Å². The lowest BCUT2D eigenvalue weighted by Gasteiger charge is -2.55. The van der Waals surface area contributed by atoms with Crippen molar-refractivity contribution in [2.24, 2.45) is 0 Å². The molecule has 2 heterocycles. The second kappa shape index (κ2) is 9.09. The fourth-order valence-electron chi connectivity index (χ4n) is 5.69. The lowest BCUT2D eigenvalue weighted by Crippen LogP contribution is -2.70. The molecule has 2 aliphatic heterocycles. The normalized spacial score (nSPS) is 22.4. The van der Waals surface area contributed by atoms with E-state index in [4.69, 9.17) is 16.3 Å². The summed E-state index contributed by atoms with van der Waals surface area (Å²) in [6.07, 6.45) is 0.427. The van der Waals surface area contributed by atoms with Crippen molar-refractivity contribution in [1.29, 1.82) is 0 Å². The molecule has 184 valence electrons. The van der Waals surface area contributed by atoms with Crippen LogP contribution in [0, 0.1) is 0 Å². The van der Waals surface area contributed by atoms with Crippen molar-refractivity contribution in [2.45, 2.75) is 23.4 Å². The number of alkyl halides is 1. The number of nitrogens with zero attached hydrogens (tertiary/aromatic N) is 2. The van der Waals surface area contributed by atoms with E-state index in [1.54, 1.807) is 12.0 Å². The molecule has 1 saturated heterocycles. The first-order chi connectivity index (χ1) is 18.1. The van der Waals surface area contributed by atoms with Crippen LogP contribution in [0.15, 0.2) is 109 Å². The van der Waals surface area contributed by atoms with Crippen molar-refractivity contribution in [2.75, 3.05) is 16.9 Å². The molecule has 0 aliphatic carbocycles. The molecule has 5 nitrogen and oxygen atoms in total. The zero-order valence-corrected chi connectivity index (χ0v) is 21.0. The first-order valence-electron chi connectivity index (χ1n) is 12.2. The van der Waals surface area contributed by atoms with Gasteiger partial charge in [0.25, 0.3) is 5.91 Å². The number of benzene rings is 4. The van der Waals surface area contributed by atoms with E-state index in [1.165, 1.54) is 0 Å². The number of fused-ring (bicyclic) bond motifs is 3. The smallest absolute Gasteiger partial charge is 0.258 e. The lowest BCUT2D eigenvalue weighted by molar-refractivity contribution is -0.127. The van der Waals surface area contributed by atoms with E-state index >= 15 is 0 Å². The van der Waals surface area contributed by atoms with Gasteiger partial charge in [-0.15, -0.1) is 11.6 Å². The number of carbonyl (C=O) groups is 2. The van der Waals surface area contributed by atoms with Crippen LogP contribution in [-0.4, -0.2) is 24.3 Å². The van der Waals surface area contributed by atoms with Gasteiger partial charge in [-0.2, -0.15) is 0 Å². The van der Waals surface area contributed by atoms with Gasteiger partial charge < -0.3 is 4.74 Å². The summed E-state index contributed by atoms with van der Waals surface area (Å²) < 4.78 is 5.38. The molecule has 0 aromatic heterocycles. The summed E-state index contributed by atoms with van der Waals surface area (Å²) in [4.78, 5) is 31.3. The number of amides is 2. The van der Waals surface area contributed by atoms with E-state index in [-0.39, 0.29) is 17.9 Å². The highest BCUT2D eigenvalue weighted by molar-refractivity contribution is 6.38. The predicted molar refractivity (Wildman–Crippen MR) is 145 cm³/mol. The van der Waals surface area contributed by atoms with Crippen molar-refractivity contribution < 1.29 is 14.3 Å². The molecule has 1 fully saturated rings. The maximum absolute atomic E-state index is 14.2. The van der Waals surface area contributed by atoms with Crippen LogP contribution in [0.1, 0.15) is 33.9 Å². The molecule has 37 heavy (non-hydrogen) atoms. The molecule has 4 aromatic carbocycles. The third kappa shape index (κ3) is 3.53. The SMILES string of the molecule is COc1ccc([C@]23C[C@H](c4ccccc4)N(C(=O)c4ccccc4)c4ccccc4N2C(=O)[C@H]3Cl)cc1. The molecule has 4 aromatic rings. The standard InChI is InChI=1S/C31H25ClN2O3/c1-37-24-18-16-23(17-19-24)31-20-27(21-10-4-2-5-11-21)33(29(35)22-12-6-3-7-13-22)25-14-8-9-15-26(25)34(31)30(36)28(31)32/h2-19,27-28H,20H2,1H3/t27-,28-,31+/m1/s1. The Labute approximate surface area is 220 Å². The minimum absolute atomic E-state index is 0.132. The molecule has 2 aliphatic rings. The zero-order valence-electron chi connectivity index (χ0n) is 20.3. The second-order valence-corrected chi connectivity index (χ2v) is 9.79. The fraction of sp³-hybridized carbons (Fsp3) is 0.161. The third-order valence-corrected chi connectivity index (χ3v) is 8.02. The molecular weight excluding hydrogens is 484 g/mol. The first kappa shape index (κ1) is 23.3. The van der Waals surface area contributed by atoms with E-state index in [2.05, 4.69) is 0 Å². The number of carbonyl (C=O) groups excluding carboxylic acids is 2. The highest BCUT2D eigenvalue weighted by Crippen LogP contribution is 2.58. The van der Waals surface area contributed by atoms with Gasteiger partial charge in [-0.1, -0.05) is 72.8 Å². The Hall–Kier alpha value is -4.09. The summed E-state index contributed by atoms with van der Waals surface area (Å²) >= 11 is 6.95. The molecule has 0 bridgehead atoms. The van der Waals surface area contributed by atoms with Crippen LogP contribution < -0.4 is 14.5 Å². The number of hydrogen-bond donors (Lipinski definition) is 0. The van der Waals surface area contributed by atoms with Crippen LogP contribution in [0.3, 0.4) is 0 Å². The van der Waals surface area contributed by atoms with Gasteiger partial charge >= 0.3 is 0 Å². The number of anilines is 2. The molecule has 6 rings (SSSR count). The number of β-lactam (4-membered cyclic amide) rings is 1. The maximum Gasteiger partial charge on any atom is 0.258 e. The molecule has 0 spiro atoms. The highest BCUT2D eigenvalue weighted by Gasteiger charge is 2.64. The van der Waals surface area contributed by atoms with E-state index in [0.717, 1.165) is 16.9 Å². The van der Waals surface area contributed by atoms with Gasteiger partial charge in [0.2, 0.25) is 5.91 Å². The van der Waals surface area contributed by atoms with Crippen molar-refractivity contribution in [3.63, 3.8) is 0 Å². The molecular formula is C31H25ClN2O3. The predicted octanol–water partition coefficient (Wildman–Crippen LogP) is 6.34. The first-order valence-corrected chi connectivity index (χ1v) is 12.6. The van der Waals surface area contributed by atoms with E-state index in [1.807, 2.05) is 114 Å². The molecule has 3 atom stereocenters. The Morgan fingerprint density at radius 3 is 2.08 bits per heavy atom. The van der Waals surface area contributed by atoms with Gasteiger partial charge in [-0.05, 0) is 47.5 Å². The number of para-hydroxylation sites is 2. The Morgan fingerprint density at radius 1 is 0.838 bits per heavy atom. The summed E-state index contributed by atoms with van der Waals surface area (Å²) in [6.45, 7) is 0. The third-order valence-electron chi connectivity index (χ3n) is 7.47. The van der Waals surface area contributed by atoms with Crippen LogP contribution >= 0.6 is 11.6 Å². The van der Waals surface area contributed by atoms with Crippen LogP contribution in [-0.2, 0) is 10.3 Å². The van der Waals surface area contributed by atoms with Crippen molar-refractivity contribution in [3.8, 4) is 5.75 Å². The monoisotopic (exact) mass is 508 g/mol. The average molecular weight is 509 g/mol. The largest absolute Gasteiger partial charge is 0.497 e. The van der Waals surface area contributed by atoms with Crippen molar-refractivity contribution in [3.05, 3.63) is 126 Å². The maximum atomic E-state index is 14.2. The van der Waals surface area contributed by atoms with Gasteiger partial charge in [-0.3, -0.25) is 19.4 Å². The van der Waals surface area contributed by atoms with Crippen LogP contribution in [0.25, 0.3) is 0 Å².